The van der Waals surface area contributed by atoms with Crippen LogP contribution in [-0.2, 0) is 27.2 Å². The minimum Gasteiger partial charge on any atom is -0.318 e. The summed E-state index contributed by atoms with van der Waals surface area (Å²) in [6, 6.07) is 9.37. The van der Waals surface area contributed by atoms with Crippen molar-refractivity contribution in [2.24, 2.45) is 0 Å². The van der Waals surface area contributed by atoms with Crippen LogP contribution in [0, 0.1) is 13.8 Å². The molecule has 0 radical (unpaired) electrons. The number of nitrogens with one attached hydrogen (secondary N) is 2. The van der Waals surface area contributed by atoms with Crippen LogP contribution in [0.5, 0.6) is 0 Å². The SMILES string of the molecule is Cc1cc(C)cc(NC(=O)C(=O)Nc2cc3c4c(c2)CCN4C(=O)CC3)c1. The third kappa shape index (κ3) is 3.30. The van der Waals surface area contributed by atoms with Crippen molar-refractivity contribution in [3.05, 3.63) is 52.6 Å². The van der Waals surface area contributed by atoms with E-state index in [0.29, 0.717) is 30.8 Å². The van der Waals surface area contributed by atoms with Crippen molar-refractivity contribution < 1.29 is 14.4 Å². The Morgan fingerprint density at radius 3 is 2.00 bits per heavy atom. The Labute approximate surface area is 157 Å². The van der Waals surface area contributed by atoms with E-state index >= 15 is 0 Å². The third-order valence-corrected chi connectivity index (χ3v) is 5.00. The molecule has 2 N–H and O–H groups in total. The molecule has 0 saturated carbocycles. The summed E-state index contributed by atoms with van der Waals surface area (Å²) in [6.07, 6.45) is 1.92. The molecule has 6 nitrogen and oxygen atoms in total. The number of anilines is 3. The van der Waals surface area contributed by atoms with Crippen molar-refractivity contribution in [2.45, 2.75) is 33.1 Å². The van der Waals surface area contributed by atoms with Crippen LogP contribution in [0.25, 0.3) is 0 Å². The molecule has 0 aromatic heterocycles. The van der Waals surface area contributed by atoms with Crippen LogP contribution < -0.4 is 15.5 Å². The minimum atomic E-state index is -0.706. The topological polar surface area (TPSA) is 78.5 Å². The molecule has 0 bridgehead atoms. The van der Waals surface area contributed by atoms with Crippen LogP contribution in [0.4, 0.5) is 17.1 Å². The first-order valence-corrected chi connectivity index (χ1v) is 9.07. The molecule has 0 atom stereocenters. The van der Waals surface area contributed by atoms with Crippen LogP contribution in [0.15, 0.2) is 30.3 Å². The van der Waals surface area contributed by atoms with Crippen LogP contribution in [0.2, 0.25) is 0 Å². The lowest BCUT2D eigenvalue weighted by atomic mass is 9.98. The maximum Gasteiger partial charge on any atom is 0.314 e. The zero-order chi connectivity index (χ0) is 19.1. The third-order valence-electron chi connectivity index (χ3n) is 5.00. The summed E-state index contributed by atoms with van der Waals surface area (Å²) in [4.78, 5) is 38.4. The van der Waals surface area contributed by atoms with Crippen molar-refractivity contribution in [1.29, 1.82) is 0 Å². The molecular weight excluding hydrogens is 342 g/mol. The summed E-state index contributed by atoms with van der Waals surface area (Å²) in [5.74, 6) is -1.25. The fourth-order valence-corrected chi connectivity index (χ4v) is 3.95. The second-order valence-corrected chi connectivity index (χ2v) is 7.22. The quantitative estimate of drug-likeness (QED) is 0.806. The molecular formula is C21H21N3O3. The van der Waals surface area contributed by atoms with Gasteiger partial charge in [0.2, 0.25) is 5.91 Å². The predicted molar refractivity (Wildman–Crippen MR) is 104 cm³/mol. The fourth-order valence-electron chi connectivity index (χ4n) is 3.95. The lowest BCUT2D eigenvalue weighted by Crippen LogP contribution is -2.33. The van der Waals surface area contributed by atoms with Gasteiger partial charge in [-0.2, -0.15) is 0 Å². The van der Waals surface area contributed by atoms with Gasteiger partial charge in [0.25, 0.3) is 0 Å². The number of nitrogens with zero attached hydrogens (tertiary/aromatic N) is 1. The molecule has 0 saturated heterocycles. The van der Waals surface area contributed by atoms with E-state index in [4.69, 9.17) is 0 Å². The molecule has 0 unspecified atom stereocenters. The molecule has 3 amide bonds. The Kier molecular flexibility index (Phi) is 4.18. The fraction of sp³-hybridized carbons (Fsp3) is 0.286. The van der Waals surface area contributed by atoms with Gasteiger partial charge in [0.15, 0.2) is 0 Å². The van der Waals surface area contributed by atoms with E-state index in [1.165, 1.54) is 0 Å². The second kappa shape index (κ2) is 6.54. The summed E-state index contributed by atoms with van der Waals surface area (Å²) in [5, 5.41) is 5.34. The van der Waals surface area contributed by atoms with Crippen LogP contribution in [0.1, 0.15) is 28.7 Å². The highest BCUT2D eigenvalue weighted by atomic mass is 16.2. The highest BCUT2D eigenvalue weighted by Gasteiger charge is 2.31. The first kappa shape index (κ1) is 17.3. The number of amides is 3. The van der Waals surface area contributed by atoms with E-state index in [2.05, 4.69) is 10.6 Å². The number of aryl methyl sites for hydroxylation is 3. The average molecular weight is 363 g/mol. The van der Waals surface area contributed by atoms with Gasteiger partial charge in [0, 0.05) is 24.3 Å². The van der Waals surface area contributed by atoms with E-state index in [-0.39, 0.29) is 5.91 Å². The molecule has 6 heteroatoms. The zero-order valence-corrected chi connectivity index (χ0v) is 15.4. The maximum atomic E-state index is 12.3. The molecule has 2 aliphatic heterocycles. The number of carbonyl (C=O) groups excluding carboxylic acids is 3. The van der Waals surface area contributed by atoms with Crippen molar-refractivity contribution >= 4 is 34.8 Å². The lowest BCUT2D eigenvalue weighted by molar-refractivity contribution is -0.133. The first-order valence-electron chi connectivity index (χ1n) is 9.07. The number of rotatable bonds is 2. The Hall–Kier alpha value is -3.15. The standard InChI is InChI=1S/C21H21N3O3/c1-12-7-13(2)9-16(8-12)22-20(26)21(27)23-17-10-14-3-4-18(25)24-6-5-15(11-17)19(14)24/h7-11H,3-6H2,1-2H3,(H,22,26)(H,23,27). The molecule has 27 heavy (non-hydrogen) atoms. The Bertz CT molecular complexity index is 961. The first-order chi connectivity index (χ1) is 12.9. The molecule has 4 rings (SSSR count). The van der Waals surface area contributed by atoms with Crippen LogP contribution >= 0.6 is 0 Å². The van der Waals surface area contributed by atoms with E-state index in [0.717, 1.165) is 34.4 Å². The normalized spacial score (nSPS) is 14.7. The average Bonchev–Trinajstić information content (AvgIpc) is 3.02. The smallest absolute Gasteiger partial charge is 0.314 e. The zero-order valence-electron chi connectivity index (χ0n) is 15.4. The van der Waals surface area contributed by atoms with E-state index in [1.807, 2.05) is 49.1 Å². The molecule has 0 spiro atoms. The monoisotopic (exact) mass is 363 g/mol. The van der Waals surface area contributed by atoms with Gasteiger partial charge < -0.3 is 15.5 Å². The van der Waals surface area contributed by atoms with Gasteiger partial charge in [-0.1, -0.05) is 6.07 Å². The van der Waals surface area contributed by atoms with Crippen LogP contribution in [0.3, 0.4) is 0 Å². The van der Waals surface area contributed by atoms with Gasteiger partial charge in [-0.25, -0.2) is 0 Å². The van der Waals surface area contributed by atoms with Crippen molar-refractivity contribution in [3.8, 4) is 0 Å². The van der Waals surface area contributed by atoms with Gasteiger partial charge in [-0.15, -0.1) is 0 Å². The Morgan fingerprint density at radius 1 is 0.815 bits per heavy atom. The Balaban J connectivity index is 1.50. The van der Waals surface area contributed by atoms with E-state index in [9.17, 15) is 14.4 Å². The molecule has 138 valence electrons. The summed E-state index contributed by atoms with van der Waals surface area (Å²) >= 11 is 0. The van der Waals surface area contributed by atoms with Gasteiger partial charge in [0.1, 0.15) is 0 Å². The molecule has 2 aliphatic rings. The van der Waals surface area contributed by atoms with Crippen LogP contribution in [-0.4, -0.2) is 24.3 Å². The van der Waals surface area contributed by atoms with E-state index < -0.39 is 11.8 Å². The maximum absolute atomic E-state index is 12.3. The largest absolute Gasteiger partial charge is 0.318 e. The van der Waals surface area contributed by atoms with Crippen molar-refractivity contribution in [1.82, 2.24) is 0 Å². The van der Waals surface area contributed by atoms with Crippen molar-refractivity contribution in [3.63, 3.8) is 0 Å². The summed E-state index contributed by atoms with van der Waals surface area (Å²) in [6.45, 7) is 4.56. The summed E-state index contributed by atoms with van der Waals surface area (Å²) in [5.41, 5.74) is 6.32. The van der Waals surface area contributed by atoms with E-state index in [1.54, 1.807) is 0 Å². The number of hydrogen-bond donors (Lipinski definition) is 2. The van der Waals surface area contributed by atoms with Gasteiger partial charge in [-0.05, 0) is 73.2 Å². The Morgan fingerprint density at radius 2 is 1.37 bits per heavy atom. The lowest BCUT2D eigenvalue weighted by Gasteiger charge is -2.25. The molecule has 0 aliphatic carbocycles. The second-order valence-electron chi connectivity index (χ2n) is 7.22. The number of carbonyl (C=O) groups is 3. The summed E-state index contributed by atoms with van der Waals surface area (Å²) in [7, 11) is 0. The highest BCUT2D eigenvalue weighted by Crippen LogP contribution is 2.38. The number of benzene rings is 2. The molecule has 2 aromatic rings. The predicted octanol–water partition coefficient (Wildman–Crippen LogP) is 2.72. The van der Waals surface area contributed by atoms with Gasteiger partial charge >= 0.3 is 11.8 Å². The molecule has 2 aromatic carbocycles. The van der Waals surface area contributed by atoms with Gasteiger partial charge in [-0.3, -0.25) is 14.4 Å². The van der Waals surface area contributed by atoms with Crippen molar-refractivity contribution in [2.75, 3.05) is 22.1 Å². The number of hydrogen-bond acceptors (Lipinski definition) is 3. The highest BCUT2D eigenvalue weighted by molar-refractivity contribution is 6.43. The minimum absolute atomic E-state index is 0.158. The summed E-state index contributed by atoms with van der Waals surface area (Å²) < 4.78 is 0. The molecule has 0 fully saturated rings. The van der Waals surface area contributed by atoms with Gasteiger partial charge in [0.05, 0.1) is 5.69 Å². The molecule has 2 heterocycles.